The lowest BCUT2D eigenvalue weighted by atomic mass is 9.74. The molecule has 3 N–H and O–H groups in total. The fourth-order valence-corrected chi connectivity index (χ4v) is 8.01. The van der Waals surface area contributed by atoms with E-state index in [1.807, 2.05) is 124 Å². The number of likely N-dealkylation sites (tertiary alicyclic amines) is 1. The van der Waals surface area contributed by atoms with Gasteiger partial charge in [0.15, 0.2) is 0 Å². The molecular weight excluding hydrogens is 650 g/mol. The van der Waals surface area contributed by atoms with Crippen LogP contribution in [0.4, 0.5) is 5.69 Å². The zero-order valence-electron chi connectivity index (χ0n) is 30.0. The van der Waals surface area contributed by atoms with Gasteiger partial charge >= 0.3 is 5.97 Å². The summed E-state index contributed by atoms with van der Waals surface area (Å²) < 4.78 is 11.2. The molecule has 0 saturated carbocycles. The Morgan fingerprint density at radius 3 is 1.85 bits per heavy atom. The van der Waals surface area contributed by atoms with E-state index in [9.17, 15) is 14.7 Å². The van der Waals surface area contributed by atoms with E-state index in [1.54, 1.807) is 0 Å². The Labute approximate surface area is 305 Å². The smallest absolute Gasteiger partial charge is 0.328 e. The number of nitrogens with one attached hydrogen (secondary N) is 2. The highest BCUT2D eigenvalue weighted by Gasteiger charge is 2.64. The van der Waals surface area contributed by atoms with Gasteiger partial charge in [-0.05, 0) is 61.2 Å². The number of methoxy groups -OCH3 is 1. The summed E-state index contributed by atoms with van der Waals surface area (Å²) >= 11 is 0. The van der Waals surface area contributed by atoms with Crippen molar-refractivity contribution >= 4 is 17.6 Å². The monoisotopic (exact) mass is 695 g/mol. The fourth-order valence-electron chi connectivity index (χ4n) is 8.01. The highest BCUT2D eigenvalue weighted by Crippen LogP contribution is 2.56. The number of anilines is 1. The van der Waals surface area contributed by atoms with E-state index in [4.69, 9.17) is 9.47 Å². The van der Waals surface area contributed by atoms with Crippen molar-refractivity contribution in [3.8, 4) is 5.75 Å². The van der Waals surface area contributed by atoms with Gasteiger partial charge in [-0.25, -0.2) is 4.79 Å². The van der Waals surface area contributed by atoms with Crippen molar-refractivity contribution < 1.29 is 24.2 Å². The number of ether oxygens (including phenoxy) is 2. The number of hydrogen-bond acceptors (Lipinski definition) is 7. The molecule has 5 aromatic carbocycles. The molecule has 0 spiro atoms. The predicted molar refractivity (Wildman–Crippen MR) is 202 cm³/mol. The van der Waals surface area contributed by atoms with E-state index in [0.29, 0.717) is 5.75 Å². The van der Waals surface area contributed by atoms with Crippen molar-refractivity contribution in [2.75, 3.05) is 12.4 Å². The lowest BCUT2D eigenvalue weighted by Crippen LogP contribution is -2.61. The van der Waals surface area contributed by atoms with Crippen molar-refractivity contribution in [1.82, 2.24) is 10.2 Å². The lowest BCUT2D eigenvalue weighted by molar-refractivity contribution is -0.145. The highest BCUT2D eigenvalue weighted by atomic mass is 16.5. The molecule has 52 heavy (non-hydrogen) atoms. The van der Waals surface area contributed by atoms with Crippen LogP contribution in [0.15, 0.2) is 140 Å². The molecule has 1 fully saturated rings. The van der Waals surface area contributed by atoms with Crippen molar-refractivity contribution in [2.24, 2.45) is 0 Å². The maximum Gasteiger partial charge on any atom is 0.328 e. The second-order valence-corrected chi connectivity index (χ2v) is 14.6. The number of fused-ring (bicyclic) bond motifs is 3. The topological polar surface area (TPSA) is 100 Å². The van der Waals surface area contributed by atoms with Crippen LogP contribution in [0.3, 0.4) is 0 Å². The number of benzene rings is 5. The van der Waals surface area contributed by atoms with Crippen LogP contribution in [0.5, 0.6) is 5.75 Å². The van der Waals surface area contributed by atoms with Gasteiger partial charge in [-0.1, -0.05) is 121 Å². The van der Waals surface area contributed by atoms with E-state index in [-0.39, 0.29) is 18.4 Å². The Morgan fingerprint density at radius 1 is 0.808 bits per heavy atom. The van der Waals surface area contributed by atoms with E-state index in [2.05, 4.69) is 51.9 Å². The van der Waals surface area contributed by atoms with Gasteiger partial charge in [-0.15, -0.1) is 0 Å². The van der Waals surface area contributed by atoms with Crippen LogP contribution in [-0.2, 0) is 31.9 Å². The molecule has 0 bridgehead atoms. The number of nitrogens with zero attached hydrogens (tertiary/aromatic N) is 1. The molecule has 0 aliphatic carbocycles. The molecule has 8 heteroatoms. The van der Waals surface area contributed by atoms with Crippen LogP contribution < -0.4 is 15.4 Å². The number of para-hydroxylation sites is 1. The zero-order chi connectivity index (χ0) is 36.5. The number of carbonyl (C=O) groups is 2. The molecule has 1 amide bonds. The Bertz CT molecular complexity index is 1920. The minimum atomic E-state index is -1.44. The van der Waals surface area contributed by atoms with Crippen molar-refractivity contribution in [3.05, 3.63) is 167 Å². The molecular formula is C44H45N3O5. The average molecular weight is 696 g/mol. The second-order valence-electron chi connectivity index (χ2n) is 14.6. The van der Waals surface area contributed by atoms with Crippen molar-refractivity contribution in [2.45, 2.75) is 68.6 Å². The van der Waals surface area contributed by atoms with Gasteiger partial charge in [0.1, 0.15) is 29.2 Å². The van der Waals surface area contributed by atoms with Crippen LogP contribution in [0.2, 0.25) is 0 Å². The van der Waals surface area contributed by atoms with E-state index < -0.39 is 41.3 Å². The summed E-state index contributed by atoms with van der Waals surface area (Å²) in [6.07, 6.45) is -0.431. The number of carbonyl (C=O) groups excluding carboxylic acids is 2. The first-order valence-electron chi connectivity index (χ1n) is 17.7. The van der Waals surface area contributed by atoms with Crippen molar-refractivity contribution in [3.63, 3.8) is 0 Å². The first-order chi connectivity index (χ1) is 25.0. The molecule has 266 valence electrons. The number of hydrogen-bond donors (Lipinski definition) is 3. The predicted octanol–water partition coefficient (Wildman–Crippen LogP) is 6.77. The van der Waals surface area contributed by atoms with Gasteiger partial charge in [-0.3, -0.25) is 9.69 Å². The molecule has 2 aliphatic rings. The highest BCUT2D eigenvalue weighted by molar-refractivity contribution is 5.89. The summed E-state index contributed by atoms with van der Waals surface area (Å²) in [5.41, 5.74) is 2.30. The summed E-state index contributed by atoms with van der Waals surface area (Å²) in [6.45, 7) is 5.95. The first kappa shape index (κ1) is 35.0. The summed E-state index contributed by atoms with van der Waals surface area (Å²) in [5.74, 6) is -0.240. The van der Waals surface area contributed by atoms with Crippen LogP contribution in [0.25, 0.3) is 0 Å². The number of rotatable bonds is 10. The van der Waals surface area contributed by atoms with Gasteiger partial charge in [0, 0.05) is 24.1 Å². The largest absolute Gasteiger partial charge is 0.488 e. The van der Waals surface area contributed by atoms with Gasteiger partial charge in [-0.2, -0.15) is 0 Å². The maximum absolute atomic E-state index is 15.0. The Kier molecular flexibility index (Phi) is 9.38. The van der Waals surface area contributed by atoms with Gasteiger partial charge in [0.25, 0.3) is 0 Å². The molecule has 0 aromatic heterocycles. The molecule has 2 heterocycles. The van der Waals surface area contributed by atoms with Crippen LogP contribution >= 0.6 is 0 Å². The molecule has 7 rings (SSSR count). The average Bonchev–Trinajstić information content (AvgIpc) is 3.61. The summed E-state index contributed by atoms with van der Waals surface area (Å²) in [7, 11) is 1.32. The van der Waals surface area contributed by atoms with E-state index >= 15 is 0 Å². The Hall–Kier alpha value is -5.44. The van der Waals surface area contributed by atoms with E-state index in [0.717, 1.165) is 33.5 Å². The Morgan fingerprint density at radius 2 is 1.33 bits per heavy atom. The van der Waals surface area contributed by atoms with Gasteiger partial charge < -0.3 is 25.2 Å². The zero-order valence-corrected chi connectivity index (χ0v) is 30.0. The quantitative estimate of drug-likeness (QED) is 0.110. The number of amides is 1. The van der Waals surface area contributed by atoms with Gasteiger partial charge in [0.2, 0.25) is 5.91 Å². The first-order valence-corrected chi connectivity index (χ1v) is 17.7. The molecule has 0 unspecified atom stereocenters. The van der Waals surface area contributed by atoms with Crippen LogP contribution in [0.1, 0.15) is 55.0 Å². The summed E-state index contributed by atoms with van der Waals surface area (Å²) in [5, 5.41) is 19.5. The summed E-state index contributed by atoms with van der Waals surface area (Å²) in [4.78, 5) is 30.5. The fraction of sp³-hybridized carbons (Fsp3) is 0.273. The molecule has 4 atom stereocenters. The third-order valence-corrected chi connectivity index (χ3v) is 10.1. The Balaban J connectivity index is 1.35. The molecule has 0 radical (unpaired) electrons. The molecule has 5 aromatic rings. The minimum Gasteiger partial charge on any atom is -0.488 e. The normalized spacial score (nSPS) is 20.2. The van der Waals surface area contributed by atoms with E-state index in [1.165, 1.54) is 7.11 Å². The number of esters is 1. The van der Waals surface area contributed by atoms with Crippen LogP contribution in [0, 0.1) is 0 Å². The second kappa shape index (κ2) is 13.9. The van der Waals surface area contributed by atoms with Gasteiger partial charge in [0.05, 0.1) is 18.7 Å². The van der Waals surface area contributed by atoms with Crippen molar-refractivity contribution in [1.29, 1.82) is 0 Å². The SMILES string of the molecule is COC(=O)[C@H](Cc1ccc(OC(C)(C)C)cc1)NC(=O)[C@@H]1C[C@@]2(O)c3ccccc3N[C@H]2N1C(c1ccccc1)(c1ccccc1)c1ccccc1. The van der Waals surface area contributed by atoms with Crippen LogP contribution in [-0.4, -0.2) is 52.8 Å². The lowest BCUT2D eigenvalue weighted by Gasteiger charge is -2.48. The molecule has 2 aliphatic heterocycles. The third-order valence-electron chi connectivity index (χ3n) is 10.1. The molecule has 1 saturated heterocycles. The molecule has 8 nitrogen and oxygen atoms in total. The minimum absolute atomic E-state index is 0.0779. The standard InChI is InChI=1S/C44H45N3O5/c1-42(2,3)52-34-26-24-30(25-27-34)28-37(40(49)51-4)45-39(48)38-29-43(50)35-22-14-15-23-36(35)46-41(43)47(38)44(31-16-8-5-9-17-31,32-18-10-6-11-19-32)33-20-12-7-13-21-33/h5-27,37-38,41,46,50H,28-29H2,1-4H3,(H,45,48)/t37-,38-,41-,43+/m0/s1. The summed E-state index contributed by atoms with van der Waals surface area (Å²) in [6, 6.07) is 43.7. The third kappa shape index (κ3) is 6.33. The number of aliphatic hydroxyl groups is 1. The maximum atomic E-state index is 15.0.